The summed E-state index contributed by atoms with van der Waals surface area (Å²) in [5.74, 6) is 1.75. The maximum Gasteiger partial charge on any atom is 0.266 e. The molecule has 0 radical (unpaired) electrons. The summed E-state index contributed by atoms with van der Waals surface area (Å²) in [6, 6.07) is 33.5. The van der Waals surface area contributed by atoms with E-state index in [1.54, 1.807) is 46.2 Å². The zero-order valence-electron chi connectivity index (χ0n) is 25.4. The maximum absolute atomic E-state index is 13.7. The van der Waals surface area contributed by atoms with E-state index in [0.717, 1.165) is 11.1 Å². The molecular weight excluding hydrogens is 580 g/mol. The van der Waals surface area contributed by atoms with Crippen LogP contribution in [0.3, 0.4) is 0 Å². The summed E-state index contributed by atoms with van der Waals surface area (Å²) in [6.45, 7) is 8.71. The first kappa shape index (κ1) is 30.5. The number of hydrogen-bond donors (Lipinski definition) is 0. The molecule has 0 bridgehead atoms. The number of likely N-dealkylation sites (tertiary alicyclic amines) is 2. The third-order valence-corrected chi connectivity index (χ3v) is 8.08. The number of benzene rings is 4. The monoisotopic (exact) mass is 616 g/mol. The second-order valence-electron chi connectivity index (χ2n) is 10.9. The van der Waals surface area contributed by atoms with Crippen LogP contribution in [0.25, 0.3) is 0 Å². The van der Waals surface area contributed by atoms with E-state index >= 15 is 0 Å². The van der Waals surface area contributed by atoms with Gasteiger partial charge in [0.05, 0.1) is 0 Å². The van der Waals surface area contributed by atoms with E-state index < -0.39 is 12.2 Å². The number of hydrogen-bond acceptors (Lipinski definition) is 6. The van der Waals surface area contributed by atoms with Gasteiger partial charge in [-0.3, -0.25) is 9.59 Å². The van der Waals surface area contributed by atoms with Crippen molar-refractivity contribution in [1.29, 1.82) is 0 Å². The number of rotatable bonds is 15. The highest BCUT2D eigenvalue weighted by Gasteiger charge is 2.53. The van der Waals surface area contributed by atoms with Gasteiger partial charge in [-0.15, -0.1) is 0 Å². The smallest absolute Gasteiger partial charge is 0.266 e. The molecule has 0 spiro atoms. The van der Waals surface area contributed by atoms with Crippen LogP contribution in [0.5, 0.6) is 23.0 Å². The summed E-state index contributed by atoms with van der Waals surface area (Å²) in [6.07, 6.45) is 1.84. The SMILES string of the molecule is C=CCOc1ccccc1O[C@@H]1C(=O)N(CCN2C(=O)[C@H](Oc3ccccc3OCC=C)[C@@H]2c2ccccc2)[C@@H]1c1ccccc1. The van der Waals surface area contributed by atoms with E-state index in [2.05, 4.69) is 13.2 Å². The summed E-state index contributed by atoms with van der Waals surface area (Å²) in [5, 5.41) is 0. The van der Waals surface area contributed by atoms with E-state index in [1.807, 2.05) is 84.9 Å². The minimum Gasteiger partial charge on any atom is -0.486 e. The van der Waals surface area contributed by atoms with Crippen LogP contribution in [0.4, 0.5) is 0 Å². The molecule has 2 fully saturated rings. The van der Waals surface area contributed by atoms with Crippen molar-refractivity contribution >= 4 is 11.8 Å². The fourth-order valence-corrected chi connectivity index (χ4v) is 5.89. The molecule has 2 heterocycles. The van der Waals surface area contributed by atoms with Gasteiger partial charge in [0.1, 0.15) is 25.3 Å². The first-order valence-electron chi connectivity index (χ1n) is 15.3. The first-order chi connectivity index (χ1) is 22.6. The van der Waals surface area contributed by atoms with E-state index in [9.17, 15) is 9.59 Å². The van der Waals surface area contributed by atoms with Gasteiger partial charge in [0, 0.05) is 13.1 Å². The molecule has 234 valence electrons. The zero-order chi connectivity index (χ0) is 31.9. The first-order valence-corrected chi connectivity index (χ1v) is 15.3. The average Bonchev–Trinajstić information content (AvgIpc) is 3.10. The lowest BCUT2D eigenvalue weighted by atomic mass is 9.88. The molecule has 8 nitrogen and oxygen atoms in total. The van der Waals surface area contributed by atoms with Gasteiger partial charge >= 0.3 is 0 Å². The largest absolute Gasteiger partial charge is 0.486 e. The summed E-state index contributed by atoms with van der Waals surface area (Å²) in [7, 11) is 0. The highest BCUT2D eigenvalue weighted by Crippen LogP contribution is 2.42. The topological polar surface area (TPSA) is 77.5 Å². The van der Waals surface area contributed by atoms with Gasteiger partial charge in [0.15, 0.2) is 23.0 Å². The molecule has 0 aliphatic carbocycles. The van der Waals surface area contributed by atoms with Crippen LogP contribution in [-0.2, 0) is 9.59 Å². The minimum absolute atomic E-state index is 0.155. The molecule has 2 amide bonds. The number of β-lactam (4-membered cyclic amide) rings is 2. The predicted octanol–water partition coefficient (Wildman–Crippen LogP) is 6.18. The molecule has 4 atom stereocenters. The lowest BCUT2D eigenvalue weighted by Crippen LogP contribution is -2.66. The highest BCUT2D eigenvalue weighted by atomic mass is 16.5. The van der Waals surface area contributed by atoms with Crippen molar-refractivity contribution in [3.63, 3.8) is 0 Å². The number of para-hydroxylation sites is 4. The van der Waals surface area contributed by atoms with Crippen molar-refractivity contribution in [2.75, 3.05) is 26.3 Å². The van der Waals surface area contributed by atoms with Crippen LogP contribution in [0.2, 0.25) is 0 Å². The normalized spacial score (nSPS) is 20.3. The summed E-state index contributed by atoms with van der Waals surface area (Å²) >= 11 is 0. The number of nitrogens with zero attached hydrogens (tertiary/aromatic N) is 2. The Labute approximate surface area is 269 Å². The number of carbonyl (C=O) groups is 2. The zero-order valence-corrected chi connectivity index (χ0v) is 25.4. The van der Waals surface area contributed by atoms with Gasteiger partial charge in [-0.25, -0.2) is 0 Å². The molecule has 0 saturated carbocycles. The number of amides is 2. The van der Waals surface area contributed by atoms with Gasteiger partial charge in [-0.2, -0.15) is 0 Å². The van der Waals surface area contributed by atoms with Crippen molar-refractivity contribution in [2.45, 2.75) is 24.3 Å². The average molecular weight is 617 g/mol. The van der Waals surface area contributed by atoms with Gasteiger partial charge < -0.3 is 28.7 Å². The van der Waals surface area contributed by atoms with E-state index in [1.165, 1.54) is 0 Å². The van der Waals surface area contributed by atoms with Gasteiger partial charge in [-0.1, -0.05) is 110 Å². The van der Waals surface area contributed by atoms with E-state index in [4.69, 9.17) is 18.9 Å². The molecule has 0 unspecified atom stereocenters. The van der Waals surface area contributed by atoms with Crippen molar-refractivity contribution < 1.29 is 28.5 Å². The van der Waals surface area contributed by atoms with E-state index in [-0.39, 0.29) is 23.9 Å². The molecule has 2 aliphatic rings. The van der Waals surface area contributed by atoms with Crippen LogP contribution < -0.4 is 18.9 Å². The lowest BCUT2D eigenvalue weighted by Gasteiger charge is -2.50. The van der Waals surface area contributed by atoms with Crippen LogP contribution in [0.15, 0.2) is 135 Å². The molecule has 4 aromatic rings. The molecular formula is C38H36N2O6. The Kier molecular flexibility index (Phi) is 9.34. The third-order valence-electron chi connectivity index (χ3n) is 8.08. The number of ether oxygens (including phenoxy) is 4. The van der Waals surface area contributed by atoms with Gasteiger partial charge in [0.25, 0.3) is 11.8 Å². The Morgan fingerprint density at radius 2 is 0.870 bits per heavy atom. The highest BCUT2D eigenvalue weighted by molar-refractivity contribution is 5.91. The van der Waals surface area contributed by atoms with Crippen molar-refractivity contribution in [3.05, 3.63) is 146 Å². The molecule has 46 heavy (non-hydrogen) atoms. The molecule has 2 aliphatic heterocycles. The Hall–Kier alpha value is -5.50. The quantitative estimate of drug-likeness (QED) is 0.117. The third kappa shape index (κ3) is 6.19. The fraction of sp³-hybridized carbons (Fsp3) is 0.211. The Morgan fingerprint density at radius 1 is 0.522 bits per heavy atom. The molecule has 6 rings (SSSR count). The second-order valence-corrected chi connectivity index (χ2v) is 10.9. The minimum atomic E-state index is -0.740. The Bertz CT molecular complexity index is 1550. The number of carbonyl (C=O) groups excluding carboxylic acids is 2. The van der Waals surface area contributed by atoms with Crippen LogP contribution in [0, 0.1) is 0 Å². The van der Waals surface area contributed by atoms with Crippen LogP contribution in [-0.4, -0.2) is 60.1 Å². The summed E-state index contributed by atoms with van der Waals surface area (Å²) in [4.78, 5) is 30.8. The van der Waals surface area contributed by atoms with Gasteiger partial charge in [0.2, 0.25) is 12.2 Å². The molecule has 8 heteroatoms. The van der Waals surface area contributed by atoms with Crippen molar-refractivity contribution in [1.82, 2.24) is 9.80 Å². The van der Waals surface area contributed by atoms with Gasteiger partial charge in [-0.05, 0) is 35.4 Å². The standard InChI is InChI=1S/C38H36N2O6/c1-3-25-43-29-19-11-13-21-31(29)45-35-33(27-15-7-5-8-16-27)39(37(35)41)23-24-40-34(28-17-9-6-10-18-28)36(38(40)42)46-32-22-14-12-20-30(32)44-26-4-2/h3-22,33-36H,1-2,23-26H2/t33-,34+,35+,36-. The summed E-state index contributed by atoms with van der Waals surface area (Å²) < 4.78 is 24.1. The molecule has 2 saturated heterocycles. The predicted molar refractivity (Wildman–Crippen MR) is 175 cm³/mol. The van der Waals surface area contributed by atoms with Crippen LogP contribution >= 0.6 is 0 Å². The van der Waals surface area contributed by atoms with Crippen molar-refractivity contribution in [2.24, 2.45) is 0 Å². The Balaban J connectivity index is 1.20. The van der Waals surface area contributed by atoms with Crippen LogP contribution in [0.1, 0.15) is 23.2 Å². The maximum atomic E-state index is 13.7. The molecule has 4 aromatic carbocycles. The molecule has 0 aromatic heterocycles. The van der Waals surface area contributed by atoms with Crippen molar-refractivity contribution in [3.8, 4) is 23.0 Å². The van der Waals surface area contributed by atoms with E-state index in [0.29, 0.717) is 49.3 Å². The fourth-order valence-electron chi connectivity index (χ4n) is 5.89. The lowest BCUT2D eigenvalue weighted by molar-refractivity contribution is -0.172. The Morgan fingerprint density at radius 3 is 1.24 bits per heavy atom. The summed E-state index contributed by atoms with van der Waals surface area (Å²) in [5.41, 5.74) is 1.90. The second kappa shape index (κ2) is 14.1. The molecule has 0 N–H and O–H groups in total.